The van der Waals surface area contributed by atoms with Gasteiger partial charge < -0.3 is 19.7 Å². The van der Waals surface area contributed by atoms with Gasteiger partial charge in [-0.3, -0.25) is 13.9 Å². The van der Waals surface area contributed by atoms with Gasteiger partial charge in [0.25, 0.3) is 10.0 Å². The van der Waals surface area contributed by atoms with Crippen molar-refractivity contribution < 1.29 is 36.3 Å². The smallest absolute Gasteiger partial charge is 0.264 e. The molecule has 1 N–H and O–H groups in total. The summed E-state index contributed by atoms with van der Waals surface area (Å²) in [5.74, 6) is -1.76. The molecule has 0 spiro atoms. The maximum absolute atomic E-state index is 14.0. The van der Waals surface area contributed by atoms with Crippen molar-refractivity contribution in [2.75, 3.05) is 25.1 Å². The molecule has 0 aromatic heterocycles. The number of carbonyl (C=O) groups excluding carboxylic acids is 2. The van der Waals surface area contributed by atoms with E-state index >= 15 is 0 Å². The Morgan fingerprint density at radius 2 is 1.45 bits per heavy atom. The minimum atomic E-state index is -4.42. The first kappa shape index (κ1) is 32.3. The van der Waals surface area contributed by atoms with Crippen LogP contribution in [0.2, 0.25) is 0 Å². The lowest BCUT2D eigenvalue weighted by atomic mass is 10.1. The Kier molecular flexibility index (Phi) is 10.9. The minimum absolute atomic E-state index is 0.0259. The molecule has 0 heterocycles. The predicted molar refractivity (Wildman–Crippen MR) is 155 cm³/mol. The third-order valence-corrected chi connectivity index (χ3v) is 8.54. The first-order valence-corrected chi connectivity index (χ1v) is 14.7. The van der Waals surface area contributed by atoms with Crippen molar-refractivity contribution >= 4 is 27.5 Å². The van der Waals surface area contributed by atoms with Gasteiger partial charge in [-0.05, 0) is 74.4 Å². The number of nitrogens with one attached hydrogen (secondary N) is 1. The van der Waals surface area contributed by atoms with E-state index in [2.05, 4.69) is 5.32 Å². The second-order valence-corrected chi connectivity index (χ2v) is 11.5. The lowest BCUT2D eigenvalue weighted by molar-refractivity contribution is -0.139. The van der Waals surface area contributed by atoms with Crippen LogP contribution in [0.5, 0.6) is 11.5 Å². The van der Waals surface area contributed by atoms with E-state index < -0.39 is 46.1 Å². The summed E-state index contributed by atoms with van der Waals surface area (Å²) >= 11 is 0. The van der Waals surface area contributed by atoms with Gasteiger partial charge in [-0.2, -0.15) is 0 Å². The number of halogens is 2. The van der Waals surface area contributed by atoms with E-state index in [0.717, 1.165) is 16.4 Å². The highest BCUT2D eigenvalue weighted by Crippen LogP contribution is 2.32. The molecule has 12 heteroatoms. The van der Waals surface area contributed by atoms with Crippen LogP contribution in [0.25, 0.3) is 0 Å². The number of amides is 2. The third-order valence-electron chi connectivity index (χ3n) is 6.77. The highest BCUT2D eigenvalue weighted by molar-refractivity contribution is 7.92. The largest absolute Gasteiger partial charge is 0.493 e. The van der Waals surface area contributed by atoms with Crippen LogP contribution < -0.4 is 19.1 Å². The fraction of sp³-hybridized carbons (Fsp3) is 0.333. The number of hydrogen-bond acceptors (Lipinski definition) is 6. The number of sulfonamides is 1. The van der Waals surface area contributed by atoms with Crippen LogP contribution in [0.3, 0.4) is 0 Å². The molecule has 0 unspecified atom stereocenters. The second-order valence-electron chi connectivity index (χ2n) is 9.65. The minimum Gasteiger partial charge on any atom is -0.493 e. The Balaban J connectivity index is 2.06. The van der Waals surface area contributed by atoms with Gasteiger partial charge in [0.05, 0.1) is 24.8 Å². The molecular weight excluding hydrogens is 568 g/mol. The van der Waals surface area contributed by atoms with Crippen LogP contribution in [0, 0.1) is 11.6 Å². The monoisotopic (exact) mass is 603 g/mol. The SMILES string of the molecule is CC[C@@H](C)NC(=O)[C@H](C)N(Cc1ccc(F)cc1)C(=O)CN(c1ccc(F)cc1)S(=O)(=O)c1ccc(OC)c(OC)c1. The Morgan fingerprint density at radius 3 is 2.00 bits per heavy atom. The molecule has 0 radical (unpaired) electrons. The van der Waals surface area contributed by atoms with Crippen molar-refractivity contribution in [1.82, 2.24) is 10.2 Å². The van der Waals surface area contributed by atoms with E-state index in [-0.39, 0.29) is 28.9 Å². The molecule has 0 saturated carbocycles. The molecule has 2 atom stereocenters. The number of methoxy groups -OCH3 is 2. The van der Waals surface area contributed by atoms with E-state index in [1.807, 2.05) is 13.8 Å². The van der Waals surface area contributed by atoms with Crippen LogP contribution in [0.4, 0.5) is 14.5 Å². The first-order valence-electron chi connectivity index (χ1n) is 13.3. The summed E-state index contributed by atoms with van der Waals surface area (Å²) in [6.07, 6.45) is 0.659. The Labute approximate surface area is 245 Å². The molecule has 226 valence electrons. The van der Waals surface area contributed by atoms with Crippen molar-refractivity contribution in [2.24, 2.45) is 0 Å². The van der Waals surface area contributed by atoms with Gasteiger partial charge in [0.2, 0.25) is 11.8 Å². The quantitative estimate of drug-likeness (QED) is 0.308. The van der Waals surface area contributed by atoms with Crippen molar-refractivity contribution in [1.29, 1.82) is 0 Å². The lowest BCUT2D eigenvalue weighted by Crippen LogP contribution is -2.52. The van der Waals surface area contributed by atoms with E-state index in [1.54, 1.807) is 0 Å². The first-order chi connectivity index (χ1) is 19.9. The number of carbonyl (C=O) groups is 2. The molecule has 0 saturated heterocycles. The molecule has 9 nitrogen and oxygen atoms in total. The summed E-state index contributed by atoms with van der Waals surface area (Å²) in [6, 6.07) is 12.9. The number of rotatable bonds is 13. The van der Waals surface area contributed by atoms with Gasteiger partial charge in [0.1, 0.15) is 24.2 Å². The van der Waals surface area contributed by atoms with Crippen molar-refractivity contribution in [3.05, 3.63) is 83.9 Å². The molecule has 0 aliphatic rings. The van der Waals surface area contributed by atoms with Crippen LogP contribution in [0.15, 0.2) is 71.6 Å². The lowest BCUT2D eigenvalue weighted by Gasteiger charge is -2.32. The van der Waals surface area contributed by atoms with Gasteiger partial charge in [0.15, 0.2) is 11.5 Å². The molecule has 0 aliphatic heterocycles. The summed E-state index contributed by atoms with van der Waals surface area (Å²) in [4.78, 5) is 28.0. The van der Waals surface area contributed by atoms with Gasteiger partial charge in [-0.1, -0.05) is 19.1 Å². The molecule has 3 rings (SSSR count). The van der Waals surface area contributed by atoms with Crippen LogP contribution in [0.1, 0.15) is 32.8 Å². The highest BCUT2D eigenvalue weighted by Gasteiger charge is 2.33. The third kappa shape index (κ3) is 7.75. The summed E-state index contributed by atoms with van der Waals surface area (Å²) in [5.41, 5.74) is 0.557. The average molecular weight is 604 g/mol. The zero-order valence-electron chi connectivity index (χ0n) is 24.1. The molecule has 0 bridgehead atoms. The summed E-state index contributed by atoms with van der Waals surface area (Å²) in [6.45, 7) is 4.44. The van der Waals surface area contributed by atoms with E-state index in [1.165, 1.54) is 80.6 Å². The number of nitrogens with zero attached hydrogens (tertiary/aromatic N) is 2. The van der Waals surface area contributed by atoms with Gasteiger partial charge in [-0.15, -0.1) is 0 Å². The zero-order valence-corrected chi connectivity index (χ0v) is 25.0. The normalized spacial score (nSPS) is 12.6. The number of benzene rings is 3. The van der Waals surface area contributed by atoms with E-state index in [4.69, 9.17) is 9.47 Å². The van der Waals surface area contributed by atoms with Crippen LogP contribution in [-0.4, -0.2) is 58.0 Å². The predicted octanol–water partition coefficient (Wildman–Crippen LogP) is 4.51. The number of anilines is 1. The van der Waals surface area contributed by atoms with E-state index in [9.17, 15) is 26.8 Å². The number of hydrogen-bond donors (Lipinski definition) is 1. The van der Waals surface area contributed by atoms with Crippen molar-refractivity contribution in [2.45, 2.75) is 50.7 Å². The summed E-state index contributed by atoms with van der Waals surface area (Å²) in [7, 11) is -1.66. The average Bonchev–Trinajstić information content (AvgIpc) is 2.98. The van der Waals surface area contributed by atoms with E-state index in [0.29, 0.717) is 17.7 Å². The molecular formula is C30H35F2N3O6S. The molecule has 2 amide bonds. The Hall–Kier alpha value is -4.19. The Morgan fingerprint density at radius 1 is 0.881 bits per heavy atom. The fourth-order valence-corrected chi connectivity index (χ4v) is 5.51. The number of ether oxygens (including phenoxy) is 2. The molecule has 3 aromatic carbocycles. The zero-order chi connectivity index (χ0) is 31.0. The molecule has 0 fully saturated rings. The molecule has 42 heavy (non-hydrogen) atoms. The second kappa shape index (κ2) is 14.1. The van der Waals surface area contributed by atoms with Gasteiger partial charge >= 0.3 is 0 Å². The molecule has 0 aliphatic carbocycles. The summed E-state index contributed by atoms with van der Waals surface area (Å²) < 4.78 is 66.6. The standard InChI is InChI=1S/C30H35F2N3O6S/c1-6-20(2)33-30(37)21(3)34(18-22-7-9-23(31)10-8-22)29(36)19-35(25-13-11-24(32)12-14-25)42(38,39)26-15-16-27(40-4)28(17-26)41-5/h7-17,20-21H,6,18-19H2,1-5H3,(H,33,37)/t20-,21+/m1/s1. The van der Waals surface area contributed by atoms with Crippen LogP contribution >= 0.6 is 0 Å². The van der Waals surface area contributed by atoms with Crippen molar-refractivity contribution in [3.63, 3.8) is 0 Å². The Bertz CT molecular complexity index is 1480. The topological polar surface area (TPSA) is 105 Å². The maximum atomic E-state index is 14.0. The summed E-state index contributed by atoms with van der Waals surface area (Å²) in [5, 5.41) is 2.84. The maximum Gasteiger partial charge on any atom is 0.264 e. The van der Waals surface area contributed by atoms with Crippen LogP contribution in [-0.2, 0) is 26.2 Å². The van der Waals surface area contributed by atoms with Gasteiger partial charge in [-0.25, -0.2) is 17.2 Å². The van der Waals surface area contributed by atoms with Crippen molar-refractivity contribution in [3.8, 4) is 11.5 Å². The molecule has 3 aromatic rings. The van der Waals surface area contributed by atoms with Gasteiger partial charge in [0, 0.05) is 18.7 Å². The highest BCUT2D eigenvalue weighted by atomic mass is 32.2. The fourth-order valence-electron chi connectivity index (χ4n) is 4.07.